The molecule has 2 N–H and O–H groups in total. The van der Waals surface area contributed by atoms with Gasteiger partial charge in [-0.05, 0) is 31.5 Å². The Morgan fingerprint density at radius 1 is 1.23 bits per heavy atom. The molecule has 122 valence electrons. The SMILES string of the molecule is CCNC(=NCc1ccc(N2CCOC2=O)cc1)NCC.I. The summed E-state index contributed by atoms with van der Waals surface area (Å²) < 4.78 is 4.93. The molecular weight excluding hydrogens is 395 g/mol. The van der Waals surface area contributed by atoms with Crippen LogP contribution in [0.15, 0.2) is 29.3 Å². The molecule has 0 atom stereocenters. The Kier molecular flexibility index (Phi) is 8.00. The van der Waals surface area contributed by atoms with Crippen molar-refractivity contribution in [3.8, 4) is 0 Å². The van der Waals surface area contributed by atoms with Gasteiger partial charge >= 0.3 is 6.09 Å². The fourth-order valence-electron chi connectivity index (χ4n) is 2.09. The number of amides is 1. The zero-order chi connectivity index (χ0) is 15.1. The predicted octanol–water partition coefficient (Wildman–Crippen LogP) is 2.34. The lowest BCUT2D eigenvalue weighted by molar-refractivity contribution is 0.181. The maximum absolute atomic E-state index is 11.5. The summed E-state index contributed by atoms with van der Waals surface area (Å²) in [6, 6.07) is 7.83. The van der Waals surface area contributed by atoms with Gasteiger partial charge in [-0.25, -0.2) is 9.79 Å². The molecule has 0 radical (unpaired) electrons. The average Bonchev–Trinajstić information content (AvgIpc) is 2.92. The normalized spacial score (nSPS) is 13.2. The molecule has 1 aromatic rings. The number of rotatable bonds is 5. The van der Waals surface area contributed by atoms with Crippen molar-refractivity contribution in [3.05, 3.63) is 29.8 Å². The fraction of sp³-hybridized carbons (Fsp3) is 0.467. The van der Waals surface area contributed by atoms with Gasteiger partial charge in [0.1, 0.15) is 6.61 Å². The number of halogens is 1. The summed E-state index contributed by atoms with van der Waals surface area (Å²) in [5, 5.41) is 6.37. The Morgan fingerprint density at radius 3 is 2.36 bits per heavy atom. The van der Waals surface area contributed by atoms with Crippen LogP contribution in [0, 0.1) is 0 Å². The average molecular weight is 418 g/mol. The van der Waals surface area contributed by atoms with E-state index in [1.807, 2.05) is 38.1 Å². The second-order valence-electron chi connectivity index (χ2n) is 4.66. The number of carbonyl (C=O) groups excluding carboxylic acids is 1. The van der Waals surface area contributed by atoms with Crippen LogP contribution in [-0.4, -0.2) is 38.3 Å². The molecule has 1 saturated heterocycles. The van der Waals surface area contributed by atoms with Crippen molar-refractivity contribution in [2.75, 3.05) is 31.1 Å². The van der Waals surface area contributed by atoms with Gasteiger partial charge in [0.25, 0.3) is 0 Å². The van der Waals surface area contributed by atoms with Crippen LogP contribution in [-0.2, 0) is 11.3 Å². The minimum Gasteiger partial charge on any atom is -0.447 e. The third-order valence-electron chi connectivity index (χ3n) is 3.12. The number of aliphatic imine (C=N–C) groups is 1. The Morgan fingerprint density at radius 2 is 1.86 bits per heavy atom. The maximum atomic E-state index is 11.5. The molecule has 1 amide bonds. The number of cyclic esters (lactones) is 1. The number of hydrogen-bond acceptors (Lipinski definition) is 3. The minimum absolute atomic E-state index is 0. The van der Waals surface area contributed by atoms with E-state index in [1.165, 1.54) is 0 Å². The van der Waals surface area contributed by atoms with E-state index in [4.69, 9.17) is 4.74 Å². The molecule has 0 spiro atoms. The molecule has 1 aliphatic heterocycles. The van der Waals surface area contributed by atoms with E-state index in [0.29, 0.717) is 19.7 Å². The molecule has 6 nitrogen and oxygen atoms in total. The van der Waals surface area contributed by atoms with E-state index in [-0.39, 0.29) is 30.1 Å². The summed E-state index contributed by atoms with van der Waals surface area (Å²) in [6.45, 7) is 7.41. The molecule has 0 aliphatic carbocycles. The first-order chi connectivity index (χ1) is 10.2. The van der Waals surface area contributed by atoms with Crippen LogP contribution in [0.5, 0.6) is 0 Å². The molecule has 2 rings (SSSR count). The second kappa shape index (κ2) is 9.50. The Labute approximate surface area is 148 Å². The number of anilines is 1. The second-order valence-corrected chi connectivity index (χ2v) is 4.66. The molecule has 0 bridgehead atoms. The van der Waals surface area contributed by atoms with E-state index in [2.05, 4.69) is 15.6 Å². The molecule has 0 saturated carbocycles. The van der Waals surface area contributed by atoms with E-state index in [9.17, 15) is 4.79 Å². The summed E-state index contributed by atoms with van der Waals surface area (Å²) in [5.41, 5.74) is 1.96. The van der Waals surface area contributed by atoms with E-state index in [1.54, 1.807) is 4.90 Å². The summed E-state index contributed by atoms with van der Waals surface area (Å²) in [7, 11) is 0. The van der Waals surface area contributed by atoms with Crippen molar-refractivity contribution < 1.29 is 9.53 Å². The first-order valence-electron chi connectivity index (χ1n) is 7.30. The number of carbonyl (C=O) groups is 1. The Bertz CT molecular complexity index is 497. The van der Waals surface area contributed by atoms with Gasteiger partial charge in [-0.3, -0.25) is 4.90 Å². The number of ether oxygens (including phenoxy) is 1. The van der Waals surface area contributed by atoms with Gasteiger partial charge in [0.05, 0.1) is 13.1 Å². The van der Waals surface area contributed by atoms with Gasteiger partial charge in [-0.1, -0.05) is 12.1 Å². The molecule has 22 heavy (non-hydrogen) atoms. The van der Waals surface area contributed by atoms with Crippen LogP contribution in [0.2, 0.25) is 0 Å². The number of hydrogen-bond donors (Lipinski definition) is 2. The number of guanidine groups is 1. The standard InChI is InChI=1S/C15H22N4O2.HI/c1-3-16-14(17-4-2)18-11-12-5-7-13(8-6-12)19-9-10-21-15(19)20;/h5-8H,3-4,9-11H2,1-2H3,(H2,16,17,18);1H. The zero-order valence-corrected chi connectivity index (χ0v) is 15.3. The van der Waals surface area contributed by atoms with E-state index in [0.717, 1.165) is 30.3 Å². The largest absolute Gasteiger partial charge is 0.447 e. The first-order valence-corrected chi connectivity index (χ1v) is 7.30. The van der Waals surface area contributed by atoms with Gasteiger partial charge in [0.15, 0.2) is 5.96 Å². The van der Waals surface area contributed by atoms with Crippen molar-refractivity contribution in [3.63, 3.8) is 0 Å². The van der Waals surface area contributed by atoms with Crippen molar-refractivity contribution in [2.45, 2.75) is 20.4 Å². The van der Waals surface area contributed by atoms with Crippen molar-refractivity contribution >= 4 is 41.7 Å². The van der Waals surface area contributed by atoms with Crippen molar-refractivity contribution in [1.82, 2.24) is 10.6 Å². The summed E-state index contributed by atoms with van der Waals surface area (Å²) in [5.74, 6) is 0.812. The topological polar surface area (TPSA) is 66.0 Å². The quantitative estimate of drug-likeness (QED) is 0.438. The van der Waals surface area contributed by atoms with E-state index < -0.39 is 0 Å². The maximum Gasteiger partial charge on any atom is 0.414 e. The molecule has 1 aliphatic rings. The molecule has 0 unspecified atom stereocenters. The van der Waals surface area contributed by atoms with Gasteiger partial charge in [0.2, 0.25) is 0 Å². The smallest absolute Gasteiger partial charge is 0.414 e. The van der Waals surface area contributed by atoms with Gasteiger partial charge in [-0.15, -0.1) is 24.0 Å². The third-order valence-corrected chi connectivity index (χ3v) is 3.12. The molecule has 1 heterocycles. The molecule has 7 heteroatoms. The number of nitrogens with zero attached hydrogens (tertiary/aromatic N) is 2. The highest BCUT2D eigenvalue weighted by atomic mass is 127. The predicted molar refractivity (Wildman–Crippen MR) is 99.0 cm³/mol. The minimum atomic E-state index is -0.276. The lowest BCUT2D eigenvalue weighted by Gasteiger charge is -2.13. The van der Waals surface area contributed by atoms with Crippen LogP contribution in [0.3, 0.4) is 0 Å². The summed E-state index contributed by atoms with van der Waals surface area (Å²) in [4.78, 5) is 17.6. The van der Waals surface area contributed by atoms with Crippen LogP contribution in [0.25, 0.3) is 0 Å². The van der Waals surface area contributed by atoms with Gasteiger partial charge in [-0.2, -0.15) is 0 Å². The van der Waals surface area contributed by atoms with Gasteiger partial charge < -0.3 is 15.4 Å². The molecule has 1 aromatic carbocycles. The summed E-state index contributed by atoms with van der Waals surface area (Å²) >= 11 is 0. The molecular formula is C15H23IN4O2. The van der Waals surface area contributed by atoms with Crippen LogP contribution in [0.1, 0.15) is 19.4 Å². The summed E-state index contributed by atoms with van der Waals surface area (Å²) in [6.07, 6.45) is -0.276. The highest BCUT2D eigenvalue weighted by molar-refractivity contribution is 14.0. The molecule has 0 aromatic heterocycles. The van der Waals surface area contributed by atoms with Crippen LogP contribution < -0.4 is 15.5 Å². The fourth-order valence-corrected chi connectivity index (χ4v) is 2.09. The lowest BCUT2D eigenvalue weighted by atomic mass is 10.2. The highest BCUT2D eigenvalue weighted by Gasteiger charge is 2.23. The Balaban J connectivity index is 0.00000242. The monoisotopic (exact) mass is 418 g/mol. The third kappa shape index (κ3) is 5.04. The first kappa shape index (κ1) is 18.5. The van der Waals surface area contributed by atoms with Crippen LogP contribution in [0.4, 0.5) is 10.5 Å². The number of nitrogens with one attached hydrogen (secondary N) is 2. The van der Waals surface area contributed by atoms with Crippen molar-refractivity contribution in [1.29, 1.82) is 0 Å². The lowest BCUT2D eigenvalue weighted by Crippen LogP contribution is -2.36. The zero-order valence-electron chi connectivity index (χ0n) is 13.0. The van der Waals surface area contributed by atoms with Gasteiger partial charge in [0, 0.05) is 18.8 Å². The highest BCUT2D eigenvalue weighted by Crippen LogP contribution is 2.19. The van der Waals surface area contributed by atoms with Crippen molar-refractivity contribution in [2.24, 2.45) is 4.99 Å². The van der Waals surface area contributed by atoms with Crippen LogP contribution >= 0.6 is 24.0 Å². The molecule has 1 fully saturated rings. The number of benzene rings is 1. The Hall–Kier alpha value is -1.51. The van der Waals surface area contributed by atoms with E-state index >= 15 is 0 Å².